The average molecular weight is 835 g/mol. The van der Waals surface area contributed by atoms with Gasteiger partial charge in [0.15, 0.2) is 0 Å². The van der Waals surface area contributed by atoms with E-state index in [1.54, 1.807) is 21.9 Å². The Morgan fingerprint density at radius 1 is 0.790 bits per heavy atom. The van der Waals surface area contributed by atoms with Gasteiger partial charge in [-0.25, -0.2) is 19.0 Å². The first-order valence-corrected chi connectivity index (χ1v) is 21.5. The molecule has 0 saturated carbocycles. The van der Waals surface area contributed by atoms with Crippen LogP contribution in [0, 0.1) is 5.82 Å². The summed E-state index contributed by atoms with van der Waals surface area (Å²) in [5.41, 5.74) is 9.16. The third-order valence-corrected chi connectivity index (χ3v) is 12.0. The van der Waals surface area contributed by atoms with Crippen molar-refractivity contribution in [3.05, 3.63) is 149 Å². The minimum absolute atomic E-state index is 0.0615. The number of H-pyrrole nitrogens is 1. The molecule has 3 amide bonds. The monoisotopic (exact) mass is 834 g/mol. The van der Waals surface area contributed by atoms with E-state index in [1.807, 2.05) is 81.4 Å². The molecule has 2 N–H and O–H groups in total. The molecule has 0 radical (unpaired) electrons. The predicted octanol–water partition coefficient (Wildman–Crippen LogP) is 10.3. The third kappa shape index (κ3) is 8.59. The molecule has 318 valence electrons. The van der Waals surface area contributed by atoms with Gasteiger partial charge in [-0.2, -0.15) is 0 Å². The van der Waals surface area contributed by atoms with E-state index in [0.29, 0.717) is 44.7 Å². The second-order valence-electron chi connectivity index (χ2n) is 17.5. The van der Waals surface area contributed by atoms with E-state index in [9.17, 15) is 18.8 Å². The number of benzene rings is 5. The maximum atomic E-state index is 14.1. The number of amides is 3. The number of nitrogens with zero attached hydrogens (tertiary/aromatic N) is 4. The van der Waals surface area contributed by atoms with Crippen LogP contribution in [0.5, 0.6) is 0 Å². The van der Waals surface area contributed by atoms with E-state index < -0.39 is 17.7 Å². The van der Waals surface area contributed by atoms with Crippen LogP contribution < -0.4 is 10.2 Å². The molecule has 0 unspecified atom stereocenters. The van der Waals surface area contributed by atoms with Gasteiger partial charge in [0, 0.05) is 43.5 Å². The third-order valence-electron chi connectivity index (χ3n) is 12.0. The van der Waals surface area contributed by atoms with Crippen molar-refractivity contribution < 1.29 is 28.2 Å². The summed E-state index contributed by atoms with van der Waals surface area (Å²) in [7, 11) is 0. The van der Waals surface area contributed by atoms with Crippen LogP contribution in [0.3, 0.4) is 0 Å². The highest BCUT2D eigenvalue weighted by atomic mass is 19.1. The molecule has 3 aliphatic rings. The lowest BCUT2D eigenvalue weighted by Crippen LogP contribution is -2.43. The van der Waals surface area contributed by atoms with Crippen LogP contribution in [-0.4, -0.2) is 69.2 Å². The van der Waals surface area contributed by atoms with Crippen molar-refractivity contribution in [1.29, 1.82) is 0 Å². The minimum Gasteiger partial charge on any atom is -0.448 e. The number of imidazole rings is 1. The van der Waals surface area contributed by atoms with Gasteiger partial charge in [0.1, 0.15) is 29.9 Å². The van der Waals surface area contributed by atoms with Crippen LogP contribution in [0.1, 0.15) is 86.5 Å². The highest BCUT2D eigenvalue weighted by Crippen LogP contribution is 2.44. The summed E-state index contributed by atoms with van der Waals surface area (Å²) >= 11 is 0. The van der Waals surface area contributed by atoms with Gasteiger partial charge < -0.3 is 24.7 Å². The van der Waals surface area contributed by atoms with Gasteiger partial charge in [-0.1, -0.05) is 66.7 Å². The topological polar surface area (TPSA) is 120 Å². The summed E-state index contributed by atoms with van der Waals surface area (Å²) in [4.78, 5) is 54.0. The summed E-state index contributed by atoms with van der Waals surface area (Å²) in [6.07, 6.45) is 2.12. The number of aromatic amines is 1. The van der Waals surface area contributed by atoms with Gasteiger partial charge in [-0.15, -0.1) is 0 Å². The predicted molar refractivity (Wildman–Crippen MR) is 237 cm³/mol. The summed E-state index contributed by atoms with van der Waals surface area (Å²) < 4.78 is 25.7. The number of carbonyl (C=O) groups excluding carboxylic acids is 3. The van der Waals surface area contributed by atoms with Gasteiger partial charge in [0.2, 0.25) is 5.91 Å². The Kier molecular flexibility index (Phi) is 11.2. The number of hydrogen-bond acceptors (Lipinski definition) is 7. The quantitative estimate of drug-likeness (QED) is 0.141. The maximum absolute atomic E-state index is 14.1. The number of hydrogen-bond donors (Lipinski definition) is 2. The first-order chi connectivity index (χ1) is 30.0. The van der Waals surface area contributed by atoms with E-state index in [2.05, 4.69) is 45.5 Å². The largest absolute Gasteiger partial charge is 0.448 e. The van der Waals surface area contributed by atoms with E-state index >= 15 is 0 Å². The first-order valence-electron chi connectivity index (χ1n) is 21.5. The summed E-state index contributed by atoms with van der Waals surface area (Å²) in [6.45, 7) is 7.89. The average Bonchev–Trinajstić information content (AvgIpc) is 4.08. The van der Waals surface area contributed by atoms with Crippen LogP contribution in [0.2, 0.25) is 0 Å². The standard InChI is InChI=1S/C50H51FN6O5/c1-50(2,3)62-49(60)56-26-8-14-44(56)46-53-42-25-18-33(28-43(42)54-46)30-55(36-23-19-34(51)20-24-36)29-32-16-21-35(22-17-32)52-47(58)45-15-9-27-57(45)48(59)61-31-41-39-12-6-4-10-37(39)38-11-5-7-13-40(38)41/h4-7,10-13,16-25,28,41,44-45H,8-9,14-15,26-27,29-31H2,1-3H3,(H,52,58)(H,53,54)/t44-,45+/m0/s1. The van der Waals surface area contributed by atoms with Crippen LogP contribution in [0.4, 0.5) is 25.4 Å². The van der Waals surface area contributed by atoms with Crippen LogP contribution in [-0.2, 0) is 27.4 Å². The second kappa shape index (κ2) is 17.0. The van der Waals surface area contributed by atoms with Gasteiger partial charge in [-0.05, 0) is 128 Å². The fourth-order valence-electron chi connectivity index (χ4n) is 9.10. The Bertz CT molecular complexity index is 2560. The summed E-state index contributed by atoms with van der Waals surface area (Å²) in [5, 5.41) is 3.03. The highest BCUT2D eigenvalue weighted by molar-refractivity contribution is 5.97. The van der Waals surface area contributed by atoms with Crippen LogP contribution in [0.15, 0.2) is 115 Å². The lowest BCUT2D eigenvalue weighted by atomic mass is 9.98. The minimum atomic E-state index is -0.635. The van der Waals surface area contributed by atoms with Crippen molar-refractivity contribution in [3.63, 3.8) is 0 Å². The van der Waals surface area contributed by atoms with Crippen molar-refractivity contribution in [1.82, 2.24) is 19.8 Å². The fraction of sp³-hybridized carbons (Fsp3) is 0.320. The van der Waals surface area contributed by atoms with Crippen molar-refractivity contribution in [2.75, 3.05) is 29.9 Å². The fourth-order valence-corrected chi connectivity index (χ4v) is 9.10. The molecule has 3 heterocycles. The Balaban J connectivity index is 0.845. The molecule has 2 fully saturated rings. The molecular weight excluding hydrogens is 784 g/mol. The van der Waals surface area contributed by atoms with Crippen LogP contribution >= 0.6 is 0 Å². The molecule has 2 saturated heterocycles. The highest BCUT2D eigenvalue weighted by Gasteiger charge is 2.37. The van der Waals surface area contributed by atoms with E-state index in [1.165, 1.54) is 12.1 Å². The van der Waals surface area contributed by atoms with Gasteiger partial charge in [-0.3, -0.25) is 14.6 Å². The molecule has 9 rings (SSSR count). The lowest BCUT2D eigenvalue weighted by molar-refractivity contribution is -0.120. The number of nitrogens with one attached hydrogen (secondary N) is 2. The molecule has 0 bridgehead atoms. The first kappa shape index (κ1) is 40.7. The van der Waals surface area contributed by atoms with Crippen LogP contribution in [0.25, 0.3) is 22.2 Å². The zero-order valence-corrected chi connectivity index (χ0v) is 35.3. The molecule has 1 aromatic heterocycles. The number of aromatic nitrogens is 2. The number of halogens is 1. The number of carbonyl (C=O) groups is 3. The number of likely N-dealkylation sites (tertiary alicyclic amines) is 2. The van der Waals surface area contributed by atoms with Crippen molar-refractivity contribution in [3.8, 4) is 11.1 Å². The zero-order chi connectivity index (χ0) is 43.0. The van der Waals surface area contributed by atoms with E-state index in [-0.39, 0.29) is 36.4 Å². The number of fused-ring (bicyclic) bond motifs is 4. The molecule has 62 heavy (non-hydrogen) atoms. The van der Waals surface area contributed by atoms with Crippen molar-refractivity contribution >= 4 is 40.5 Å². The van der Waals surface area contributed by atoms with Crippen molar-refractivity contribution in [2.24, 2.45) is 0 Å². The Labute approximate surface area is 360 Å². The normalized spacial score (nSPS) is 17.2. The smallest absolute Gasteiger partial charge is 0.410 e. The van der Waals surface area contributed by atoms with E-state index in [4.69, 9.17) is 14.5 Å². The SMILES string of the molecule is CC(C)(C)OC(=O)N1CCC[C@H]1c1nc2cc(CN(Cc3ccc(NC(=O)[C@H]4CCCN4C(=O)OCC4c5ccccc5-c5ccccc54)cc3)c3ccc(F)cc3)ccc2[nH]1. The molecule has 12 heteroatoms. The molecular formula is C50H51FN6O5. The van der Waals surface area contributed by atoms with Crippen molar-refractivity contribution in [2.45, 2.75) is 83.1 Å². The Hall–Kier alpha value is -6.69. The lowest BCUT2D eigenvalue weighted by Gasteiger charge is -2.27. The molecule has 2 atom stereocenters. The second-order valence-corrected chi connectivity index (χ2v) is 17.5. The Morgan fingerprint density at radius 3 is 2.15 bits per heavy atom. The molecule has 5 aromatic carbocycles. The van der Waals surface area contributed by atoms with Gasteiger partial charge in [0.05, 0.1) is 17.1 Å². The molecule has 0 spiro atoms. The maximum Gasteiger partial charge on any atom is 0.410 e. The summed E-state index contributed by atoms with van der Waals surface area (Å²) in [5.74, 6) is 0.111. The molecule has 6 aromatic rings. The zero-order valence-electron chi connectivity index (χ0n) is 35.3. The number of rotatable bonds is 10. The molecule has 11 nitrogen and oxygen atoms in total. The van der Waals surface area contributed by atoms with E-state index in [0.717, 1.165) is 68.8 Å². The molecule has 1 aliphatic carbocycles. The summed E-state index contributed by atoms with van der Waals surface area (Å²) in [6, 6.07) is 35.8. The number of ether oxygens (including phenoxy) is 2. The Morgan fingerprint density at radius 2 is 1.44 bits per heavy atom. The molecule has 2 aliphatic heterocycles. The number of anilines is 2. The van der Waals surface area contributed by atoms with Gasteiger partial charge >= 0.3 is 12.2 Å². The van der Waals surface area contributed by atoms with Gasteiger partial charge in [0.25, 0.3) is 0 Å².